The molecule has 30 heavy (non-hydrogen) atoms. The number of hydrogen-bond acceptors (Lipinski definition) is 6. The van der Waals surface area contributed by atoms with Crippen molar-refractivity contribution in [1.82, 2.24) is 0 Å². The van der Waals surface area contributed by atoms with Gasteiger partial charge in [-0.05, 0) is 49.2 Å². The zero-order chi connectivity index (χ0) is 21.3. The first-order chi connectivity index (χ1) is 14.5. The molecule has 3 rings (SSSR count). The van der Waals surface area contributed by atoms with Crippen LogP contribution in [0.1, 0.15) is 23.6 Å². The van der Waals surface area contributed by atoms with Crippen LogP contribution in [0.3, 0.4) is 0 Å². The van der Waals surface area contributed by atoms with Crippen molar-refractivity contribution in [3.05, 3.63) is 93.5 Å². The summed E-state index contributed by atoms with van der Waals surface area (Å²) in [6.07, 6.45) is 1.62. The largest absolute Gasteiger partial charge is 0.490 e. The van der Waals surface area contributed by atoms with E-state index in [1.807, 2.05) is 44.2 Å². The van der Waals surface area contributed by atoms with Crippen molar-refractivity contribution in [2.45, 2.75) is 20.5 Å². The molecular weight excluding hydrogens is 382 g/mol. The molecule has 0 amide bonds. The van der Waals surface area contributed by atoms with Crippen LogP contribution in [0, 0.1) is 17.0 Å². The van der Waals surface area contributed by atoms with E-state index in [2.05, 4.69) is 22.7 Å². The summed E-state index contributed by atoms with van der Waals surface area (Å²) in [5, 5.41) is 15.0. The van der Waals surface area contributed by atoms with Gasteiger partial charge in [-0.15, -0.1) is 0 Å². The number of hydrazone groups is 1. The number of nitrogens with one attached hydrogen (secondary N) is 1. The van der Waals surface area contributed by atoms with Crippen LogP contribution >= 0.6 is 0 Å². The average Bonchev–Trinajstić information content (AvgIpc) is 2.75. The Bertz CT molecular complexity index is 1030. The molecule has 0 aliphatic heterocycles. The van der Waals surface area contributed by atoms with Crippen molar-refractivity contribution in [2.75, 3.05) is 12.0 Å². The van der Waals surface area contributed by atoms with Crippen molar-refractivity contribution in [1.29, 1.82) is 0 Å². The summed E-state index contributed by atoms with van der Waals surface area (Å²) in [6.45, 7) is 4.91. The third-order valence-corrected chi connectivity index (χ3v) is 4.25. The Kier molecular flexibility index (Phi) is 7.00. The Morgan fingerprint density at radius 2 is 1.83 bits per heavy atom. The van der Waals surface area contributed by atoms with Crippen LogP contribution in [0.25, 0.3) is 0 Å². The smallest absolute Gasteiger partial charge is 0.271 e. The molecule has 0 aromatic heterocycles. The fourth-order valence-corrected chi connectivity index (χ4v) is 2.71. The second-order valence-corrected chi connectivity index (χ2v) is 6.59. The van der Waals surface area contributed by atoms with Gasteiger partial charge in [0, 0.05) is 12.1 Å². The Morgan fingerprint density at radius 3 is 2.57 bits per heavy atom. The van der Waals surface area contributed by atoms with E-state index in [9.17, 15) is 10.1 Å². The second kappa shape index (κ2) is 10.1. The Morgan fingerprint density at radius 1 is 1.03 bits per heavy atom. The molecule has 0 aliphatic rings. The van der Waals surface area contributed by atoms with Gasteiger partial charge in [0.1, 0.15) is 6.61 Å². The second-order valence-electron chi connectivity index (χ2n) is 6.59. The maximum Gasteiger partial charge on any atom is 0.271 e. The summed E-state index contributed by atoms with van der Waals surface area (Å²) in [6, 6.07) is 19.9. The van der Waals surface area contributed by atoms with Crippen molar-refractivity contribution >= 4 is 17.6 Å². The molecule has 0 heterocycles. The normalized spacial score (nSPS) is 10.7. The Labute approximate surface area is 175 Å². The minimum Gasteiger partial charge on any atom is -0.490 e. The highest BCUT2D eigenvalue weighted by molar-refractivity contribution is 5.81. The van der Waals surface area contributed by atoms with Crippen molar-refractivity contribution in [3.63, 3.8) is 0 Å². The fraction of sp³-hybridized carbons (Fsp3) is 0.174. The van der Waals surface area contributed by atoms with Crippen LogP contribution in [-0.2, 0) is 6.61 Å². The van der Waals surface area contributed by atoms with Gasteiger partial charge in [-0.3, -0.25) is 15.5 Å². The predicted molar refractivity (Wildman–Crippen MR) is 117 cm³/mol. The van der Waals surface area contributed by atoms with Crippen LogP contribution < -0.4 is 14.9 Å². The summed E-state index contributed by atoms with van der Waals surface area (Å²) in [5.41, 5.74) is 6.42. The van der Waals surface area contributed by atoms with E-state index in [1.54, 1.807) is 18.3 Å². The molecule has 3 aromatic rings. The molecule has 7 heteroatoms. The monoisotopic (exact) mass is 405 g/mol. The number of aryl methyl sites for hydroxylation is 1. The molecule has 0 unspecified atom stereocenters. The lowest BCUT2D eigenvalue weighted by Gasteiger charge is -2.13. The third kappa shape index (κ3) is 5.81. The quantitative estimate of drug-likeness (QED) is 0.295. The highest BCUT2D eigenvalue weighted by Crippen LogP contribution is 2.29. The summed E-state index contributed by atoms with van der Waals surface area (Å²) < 4.78 is 11.6. The molecule has 154 valence electrons. The SMILES string of the molecule is CCOc1cc(C=NNc2cccc([N+](=O)[O-])c2)ccc1OCc1ccc(C)cc1. The van der Waals surface area contributed by atoms with Crippen LogP contribution in [0.2, 0.25) is 0 Å². The lowest BCUT2D eigenvalue weighted by atomic mass is 10.2. The topological polar surface area (TPSA) is 86.0 Å². The lowest BCUT2D eigenvalue weighted by molar-refractivity contribution is -0.384. The first kappa shape index (κ1) is 20.9. The van der Waals surface area contributed by atoms with E-state index >= 15 is 0 Å². The van der Waals surface area contributed by atoms with Crippen molar-refractivity contribution < 1.29 is 14.4 Å². The van der Waals surface area contributed by atoms with Gasteiger partial charge in [0.15, 0.2) is 11.5 Å². The molecule has 0 aliphatic carbocycles. The Balaban J connectivity index is 1.67. The summed E-state index contributed by atoms with van der Waals surface area (Å²) in [4.78, 5) is 10.4. The number of benzene rings is 3. The summed E-state index contributed by atoms with van der Waals surface area (Å²) >= 11 is 0. The third-order valence-electron chi connectivity index (χ3n) is 4.25. The number of nitro groups is 1. The lowest BCUT2D eigenvalue weighted by Crippen LogP contribution is -2.01. The average molecular weight is 405 g/mol. The molecule has 1 N–H and O–H groups in total. The van der Waals surface area contributed by atoms with Gasteiger partial charge in [0.2, 0.25) is 0 Å². The van der Waals surface area contributed by atoms with Gasteiger partial charge in [0.05, 0.1) is 23.4 Å². The number of hydrogen-bond donors (Lipinski definition) is 1. The molecule has 0 radical (unpaired) electrons. The van der Waals surface area contributed by atoms with Gasteiger partial charge in [-0.25, -0.2) is 0 Å². The summed E-state index contributed by atoms with van der Waals surface area (Å²) in [5.74, 6) is 1.28. The number of nitro benzene ring substituents is 1. The van der Waals surface area contributed by atoms with Crippen LogP contribution in [0.4, 0.5) is 11.4 Å². The number of anilines is 1. The van der Waals surface area contributed by atoms with E-state index in [0.29, 0.717) is 30.4 Å². The predicted octanol–water partition coefficient (Wildman–Crippen LogP) is 5.33. The van der Waals surface area contributed by atoms with Gasteiger partial charge in [-0.1, -0.05) is 35.9 Å². The highest BCUT2D eigenvalue weighted by atomic mass is 16.6. The number of rotatable bonds is 9. The minimum atomic E-state index is -0.446. The molecule has 0 spiro atoms. The van der Waals surface area contributed by atoms with Gasteiger partial charge in [-0.2, -0.15) is 5.10 Å². The van der Waals surface area contributed by atoms with E-state index in [1.165, 1.54) is 17.7 Å². The standard InChI is InChI=1S/C23H23N3O4/c1-3-29-23-13-19(15-24-25-20-5-4-6-21(14-20)26(27)28)11-12-22(23)30-16-18-9-7-17(2)8-10-18/h4-15,25H,3,16H2,1-2H3. The van der Waals surface area contributed by atoms with E-state index in [0.717, 1.165) is 11.1 Å². The maximum atomic E-state index is 10.9. The van der Waals surface area contributed by atoms with Crippen LogP contribution in [-0.4, -0.2) is 17.7 Å². The fourth-order valence-electron chi connectivity index (χ4n) is 2.71. The minimum absolute atomic E-state index is 0.00362. The molecule has 7 nitrogen and oxygen atoms in total. The first-order valence-electron chi connectivity index (χ1n) is 9.54. The van der Waals surface area contributed by atoms with Gasteiger partial charge in [0.25, 0.3) is 5.69 Å². The number of ether oxygens (including phenoxy) is 2. The summed E-state index contributed by atoms with van der Waals surface area (Å²) in [7, 11) is 0. The molecule has 3 aromatic carbocycles. The van der Waals surface area contributed by atoms with Crippen molar-refractivity contribution in [3.8, 4) is 11.5 Å². The highest BCUT2D eigenvalue weighted by Gasteiger charge is 2.07. The molecule has 0 bridgehead atoms. The number of nitrogens with zero attached hydrogens (tertiary/aromatic N) is 2. The van der Waals surface area contributed by atoms with Gasteiger partial charge < -0.3 is 9.47 Å². The van der Waals surface area contributed by atoms with E-state index < -0.39 is 4.92 Å². The van der Waals surface area contributed by atoms with E-state index in [-0.39, 0.29) is 5.69 Å². The molecule has 0 fully saturated rings. The van der Waals surface area contributed by atoms with Crippen LogP contribution in [0.5, 0.6) is 11.5 Å². The molecule has 0 saturated heterocycles. The van der Waals surface area contributed by atoms with E-state index in [4.69, 9.17) is 9.47 Å². The molecule has 0 saturated carbocycles. The zero-order valence-corrected chi connectivity index (χ0v) is 16.9. The zero-order valence-electron chi connectivity index (χ0n) is 16.9. The Hall–Kier alpha value is -3.87. The molecule has 0 atom stereocenters. The number of non-ortho nitro benzene ring substituents is 1. The van der Waals surface area contributed by atoms with Crippen LogP contribution in [0.15, 0.2) is 71.8 Å². The molecular formula is C23H23N3O4. The van der Waals surface area contributed by atoms with Crippen molar-refractivity contribution in [2.24, 2.45) is 5.10 Å². The first-order valence-corrected chi connectivity index (χ1v) is 9.54. The van der Waals surface area contributed by atoms with Gasteiger partial charge >= 0.3 is 0 Å². The maximum absolute atomic E-state index is 10.9.